The molecule has 1 aromatic heterocycles. The molecule has 4 saturated carbocycles. The van der Waals surface area contributed by atoms with Gasteiger partial charge in [0, 0.05) is 17.6 Å². The van der Waals surface area contributed by atoms with E-state index in [0.717, 1.165) is 34.3 Å². The SMILES string of the molecule is C=CCn1c(S[C@H](C)C(=O)NC23CC4CC(CC(C4)C2)C3)nnc1-c1ccc(C(C)(C)C)cc1. The number of amides is 1. The molecule has 0 saturated heterocycles. The van der Waals surface area contributed by atoms with Crippen molar-refractivity contribution in [3.8, 4) is 11.4 Å². The van der Waals surface area contributed by atoms with Crippen molar-refractivity contribution in [2.24, 2.45) is 17.8 Å². The lowest BCUT2D eigenvalue weighted by atomic mass is 9.53. The van der Waals surface area contributed by atoms with E-state index >= 15 is 0 Å². The summed E-state index contributed by atoms with van der Waals surface area (Å²) in [6.45, 7) is 13.2. The van der Waals surface area contributed by atoms with Crippen LogP contribution in [0, 0.1) is 17.8 Å². The van der Waals surface area contributed by atoms with Crippen LogP contribution in [0.3, 0.4) is 0 Å². The van der Waals surface area contributed by atoms with Gasteiger partial charge in [-0.25, -0.2) is 0 Å². The van der Waals surface area contributed by atoms with Gasteiger partial charge in [0.15, 0.2) is 11.0 Å². The molecule has 0 spiro atoms. The summed E-state index contributed by atoms with van der Waals surface area (Å²) < 4.78 is 2.07. The van der Waals surface area contributed by atoms with Crippen LogP contribution in [0.4, 0.5) is 0 Å². The number of nitrogens with zero attached hydrogens (tertiary/aromatic N) is 3. The van der Waals surface area contributed by atoms with Crippen molar-refractivity contribution in [3.63, 3.8) is 0 Å². The summed E-state index contributed by atoms with van der Waals surface area (Å²) in [6.07, 6.45) is 9.51. The first-order valence-corrected chi connectivity index (χ1v) is 13.7. The largest absolute Gasteiger partial charge is 0.350 e. The summed E-state index contributed by atoms with van der Waals surface area (Å²) in [5, 5.41) is 13.0. The second-order valence-electron chi connectivity index (χ2n) is 12.0. The highest BCUT2D eigenvalue weighted by atomic mass is 32.2. The number of carbonyl (C=O) groups is 1. The van der Waals surface area contributed by atoms with Crippen LogP contribution >= 0.6 is 11.8 Å². The monoisotopic (exact) mass is 478 g/mol. The summed E-state index contributed by atoms with van der Waals surface area (Å²) in [7, 11) is 0. The van der Waals surface area contributed by atoms with Crippen molar-refractivity contribution in [2.75, 3.05) is 0 Å². The van der Waals surface area contributed by atoms with E-state index in [-0.39, 0.29) is 22.1 Å². The number of benzene rings is 1. The van der Waals surface area contributed by atoms with E-state index in [1.165, 1.54) is 55.9 Å². The lowest BCUT2D eigenvalue weighted by Crippen LogP contribution is -2.60. The van der Waals surface area contributed by atoms with Gasteiger partial charge in [0.1, 0.15) is 0 Å². The molecule has 4 aliphatic rings. The molecule has 34 heavy (non-hydrogen) atoms. The predicted octanol–water partition coefficient (Wildman–Crippen LogP) is 5.99. The number of hydrogen-bond donors (Lipinski definition) is 1. The number of allylic oxidation sites excluding steroid dienone is 1. The minimum Gasteiger partial charge on any atom is -0.350 e. The van der Waals surface area contributed by atoms with Crippen LogP contribution in [-0.2, 0) is 16.8 Å². The second kappa shape index (κ2) is 8.85. The zero-order valence-electron chi connectivity index (χ0n) is 21.0. The van der Waals surface area contributed by atoms with Crippen LogP contribution in [0.25, 0.3) is 11.4 Å². The van der Waals surface area contributed by atoms with Crippen LogP contribution in [-0.4, -0.2) is 31.5 Å². The van der Waals surface area contributed by atoms with Gasteiger partial charge >= 0.3 is 0 Å². The maximum Gasteiger partial charge on any atom is 0.233 e. The highest BCUT2D eigenvalue weighted by Gasteiger charge is 2.51. The number of rotatable bonds is 7. The highest BCUT2D eigenvalue weighted by Crippen LogP contribution is 2.55. The molecular formula is C28H38N4OS. The van der Waals surface area contributed by atoms with Gasteiger partial charge < -0.3 is 5.32 Å². The van der Waals surface area contributed by atoms with Crippen LogP contribution in [0.2, 0.25) is 0 Å². The molecule has 0 unspecified atom stereocenters. The Kier molecular flexibility index (Phi) is 6.16. The smallest absolute Gasteiger partial charge is 0.233 e. The predicted molar refractivity (Wildman–Crippen MR) is 139 cm³/mol. The first kappa shape index (κ1) is 23.7. The molecule has 182 valence electrons. The van der Waals surface area contributed by atoms with Crippen molar-refractivity contribution in [1.29, 1.82) is 0 Å². The minimum absolute atomic E-state index is 0.0371. The molecule has 6 heteroatoms. The molecule has 6 rings (SSSR count). The van der Waals surface area contributed by atoms with E-state index in [0.29, 0.717) is 6.54 Å². The Morgan fingerprint density at radius 1 is 1.15 bits per heavy atom. The third kappa shape index (κ3) is 4.58. The standard InChI is InChI=1S/C28H38N4OS/c1-6-11-32-24(22-7-9-23(10-8-22)27(3,4)5)30-31-26(32)34-18(2)25(33)29-28-15-19-12-20(16-28)14-21(13-19)17-28/h6-10,18-21H,1,11-17H2,2-5H3,(H,29,33)/t18-,19?,20?,21?,28?/m1/s1. The van der Waals surface area contributed by atoms with Crippen LogP contribution in [0.1, 0.15) is 71.8 Å². The highest BCUT2D eigenvalue weighted by molar-refractivity contribution is 8.00. The van der Waals surface area contributed by atoms with Crippen molar-refractivity contribution in [2.45, 2.75) is 94.1 Å². The van der Waals surface area contributed by atoms with Crippen LogP contribution in [0.15, 0.2) is 42.1 Å². The van der Waals surface area contributed by atoms with Gasteiger partial charge in [-0.1, -0.05) is 62.9 Å². The molecule has 1 atom stereocenters. The van der Waals surface area contributed by atoms with Gasteiger partial charge in [-0.2, -0.15) is 0 Å². The molecule has 4 fully saturated rings. The maximum atomic E-state index is 13.3. The zero-order valence-corrected chi connectivity index (χ0v) is 21.8. The van der Waals surface area contributed by atoms with E-state index in [1.54, 1.807) is 0 Å². The Morgan fingerprint density at radius 2 is 1.74 bits per heavy atom. The number of aromatic nitrogens is 3. The number of hydrogen-bond acceptors (Lipinski definition) is 4. The topological polar surface area (TPSA) is 59.8 Å². The fourth-order valence-corrected chi connectivity index (χ4v) is 7.70. The molecular weight excluding hydrogens is 440 g/mol. The molecule has 1 N–H and O–H groups in total. The summed E-state index contributed by atoms with van der Waals surface area (Å²) >= 11 is 1.50. The van der Waals surface area contributed by atoms with Crippen molar-refractivity contribution in [3.05, 3.63) is 42.5 Å². The van der Waals surface area contributed by atoms with Gasteiger partial charge in [0.05, 0.1) is 5.25 Å². The van der Waals surface area contributed by atoms with E-state index in [9.17, 15) is 4.79 Å². The van der Waals surface area contributed by atoms with E-state index in [1.807, 2.05) is 13.0 Å². The van der Waals surface area contributed by atoms with Gasteiger partial charge in [-0.3, -0.25) is 9.36 Å². The van der Waals surface area contributed by atoms with Gasteiger partial charge in [-0.05, 0) is 74.2 Å². The van der Waals surface area contributed by atoms with E-state index in [2.05, 4.69) is 71.7 Å². The first-order chi connectivity index (χ1) is 16.2. The van der Waals surface area contributed by atoms with E-state index < -0.39 is 0 Å². The fraction of sp³-hybridized carbons (Fsp3) is 0.607. The molecule has 1 heterocycles. The average Bonchev–Trinajstić information content (AvgIpc) is 3.14. The maximum absolute atomic E-state index is 13.3. The Morgan fingerprint density at radius 3 is 2.26 bits per heavy atom. The third-order valence-corrected chi connectivity index (χ3v) is 9.20. The summed E-state index contributed by atoms with van der Waals surface area (Å²) in [6, 6.07) is 8.55. The number of nitrogens with one attached hydrogen (secondary N) is 1. The van der Waals surface area contributed by atoms with Gasteiger partial charge in [-0.15, -0.1) is 16.8 Å². The normalized spacial score (nSPS) is 28.6. The molecule has 5 nitrogen and oxygen atoms in total. The second-order valence-corrected chi connectivity index (χ2v) is 13.3. The Labute approximate surface area is 208 Å². The zero-order chi connectivity index (χ0) is 24.1. The van der Waals surface area contributed by atoms with Crippen LogP contribution in [0.5, 0.6) is 0 Å². The van der Waals surface area contributed by atoms with Crippen molar-refractivity contribution < 1.29 is 4.79 Å². The molecule has 2 aromatic rings. The van der Waals surface area contributed by atoms with Crippen molar-refractivity contribution in [1.82, 2.24) is 20.1 Å². The van der Waals surface area contributed by atoms with E-state index in [4.69, 9.17) is 0 Å². The third-order valence-electron chi connectivity index (χ3n) is 8.12. The lowest BCUT2D eigenvalue weighted by Gasteiger charge is -2.57. The van der Waals surface area contributed by atoms with Crippen LogP contribution < -0.4 is 5.32 Å². The number of carbonyl (C=O) groups excluding carboxylic acids is 1. The van der Waals surface area contributed by atoms with Crippen molar-refractivity contribution >= 4 is 17.7 Å². The Bertz CT molecular complexity index is 1030. The van der Waals surface area contributed by atoms with Gasteiger partial charge in [0.2, 0.25) is 5.91 Å². The average molecular weight is 479 g/mol. The lowest BCUT2D eigenvalue weighted by molar-refractivity contribution is -0.126. The Hall–Kier alpha value is -2.08. The summed E-state index contributed by atoms with van der Waals surface area (Å²) in [5.41, 5.74) is 2.46. The molecule has 1 amide bonds. The fourth-order valence-electron chi connectivity index (χ4n) is 6.84. The number of thioether (sulfide) groups is 1. The quantitative estimate of drug-likeness (QED) is 0.392. The molecule has 1 aromatic carbocycles. The molecule has 4 bridgehead atoms. The van der Waals surface area contributed by atoms with Gasteiger partial charge in [0.25, 0.3) is 0 Å². The molecule has 4 aliphatic carbocycles. The first-order valence-electron chi connectivity index (χ1n) is 12.8. The summed E-state index contributed by atoms with van der Waals surface area (Å²) in [4.78, 5) is 13.3. The molecule has 0 aliphatic heterocycles. The Balaban J connectivity index is 1.31. The summed E-state index contributed by atoms with van der Waals surface area (Å²) in [5.74, 6) is 3.40. The molecule has 0 radical (unpaired) electrons. The minimum atomic E-state index is -0.225.